The molecule has 0 aromatic heterocycles. The van der Waals surface area contributed by atoms with Gasteiger partial charge in [-0.05, 0) is 18.9 Å². The van der Waals surface area contributed by atoms with Gasteiger partial charge in [0.05, 0.1) is 11.2 Å². The highest BCUT2D eigenvalue weighted by atomic mass is 32.2. The lowest BCUT2D eigenvalue weighted by atomic mass is 10.2. The summed E-state index contributed by atoms with van der Waals surface area (Å²) in [6, 6.07) is 4.64. The molecular weight excluding hydrogens is 294 g/mol. The average molecular weight is 315 g/mol. The fourth-order valence-electron chi connectivity index (χ4n) is 1.95. The maximum Gasteiger partial charge on any atom is 0.271 e. The Morgan fingerprint density at radius 3 is 2.57 bits per heavy atom. The minimum Gasteiger partial charge on any atom is -0.385 e. The van der Waals surface area contributed by atoms with Crippen LogP contribution >= 0.6 is 0 Å². The minimum absolute atomic E-state index is 0.0365. The molecule has 1 aromatic rings. The Labute approximate surface area is 125 Å². The van der Waals surface area contributed by atoms with E-state index in [1.807, 2.05) is 6.92 Å². The lowest BCUT2D eigenvalue weighted by Gasteiger charge is -2.18. The molecule has 0 aliphatic rings. The molecule has 1 N–H and O–H groups in total. The molecule has 0 saturated carbocycles. The summed E-state index contributed by atoms with van der Waals surface area (Å²) in [5, 5.41) is 13.9. The summed E-state index contributed by atoms with van der Waals surface area (Å²) in [6.07, 6.45) is 1.82. The molecule has 0 atom stereocenters. The molecule has 0 spiro atoms. The molecule has 1 rings (SSSR count). The van der Waals surface area contributed by atoms with E-state index in [2.05, 4.69) is 5.32 Å². The van der Waals surface area contributed by atoms with Gasteiger partial charge in [-0.15, -0.1) is 0 Å². The first-order valence-corrected chi connectivity index (χ1v) is 8.54. The van der Waals surface area contributed by atoms with Crippen LogP contribution in [0.1, 0.15) is 18.9 Å². The fourth-order valence-corrected chi connectivity index (χ4v) is 2.88. The van der Waals surface area contributed by atoms with Crippen molar-refractivity contribution in [3.05, 3.63) is 33.9 Å². The Morgan fingerprint density at radius 2 is 2.05 bits per heavy atom. The highest BCUT2D eigenvalue weighted by Gasteiger charge is 2.13. The molecule has 0 bridgehead atoms. The van der Waals surface area contributed by atoms with Crippen molar-refractivity contribution in [2.45, 2.75) is 20.3 Å². The predicted molar refractivity (Wildman–Crippen MR) is 83.0 cm³/mol. The number of sulfonamides is 1. The van der Waals surface area contributed by atoms with Crippen LogP contribution in [0.5, 0.6) is 0 Å². The minimum atomic E-state index is -3.17. The third-order valence-corrected chi connectivity index (χ3v) is 4.53. The predicted octanol–water partition coefficient (Wildman–Crippen LogP) is 1.99. The van der Waals surface area contributed by atoms with Gasteiger partial charge in [0.2, 0.25) is 10.0 Å². The van der Waals surface area contributed by atoms with E-state index in [1.54, 1.807) is 13.0 Å². The zero-order chi connectivity index (χ0) is 16.0. The smallest absolute Gasteiger partial charge is 0.271 e. The maximum absolute atomic E-state index is 11.4. The molecule has 0 saturated heterocycles. The van der Waals surface area contributed by atoms with Crippen LogP contribution in [0.15, 0.2) is 18.2 Å². The van der Waals surface area contributed by atoms with Gasteiger partial charge < -0.3 is 5.32 Å². The van der Waals surface area contributed by atoms with Gasteiger partial charge in [0.1, 0.15) is 0 Å². The first kappa shape index (κ1) is 17.4. The second-order valence-corrected chi connectivity index (χ2v) is 6.77. The normalized spacial score (nSPS) is 11.6. The molecule has 21 heavy (non-hydrogen) atoms. The first-order chi connectivity index (χ1) is 9.75. The second-order valence-electron chi connectivity index (χ2n) is 4.79. The number of benzene rings is 1. The number of nitro benzene ring substituents is 1. The van der Waals surface area contributed by atoms with E-state index in [9.17, 15) is 18.5 Å². The van der Waals surface area contributed by atoms with Gasteiger partial charge in [-0.3, -0.25) is 10.1 Å². The summed E-state index contributed by atoms with van der Waals surface area (Å²) >= 11 is 0. The van der Waals surface area contributed by atoms with Crippen molar-refractivity contribution in [3.8, 4) is 0 Å². The van der Waals surface area contributed by atoms with Gasteiger partial charge in [0, 0.05) is 37.5 Å². The summed E-state index contributed by atoms with van der Waals surface area (Å²) in [5.41, 5.74) is 1.65. The molecule has 0 aliphatic carbocycles. The molecule has 0 unspecified atom stereocenters. The van der Waals surface area contributed by atoms with Crippen LogP contribution in [-0.2, 0) is 10.0 Å². The maximum atomic E-state index is 11.4. The van der Waals surface area contributed by atoms with Gasteiger partial charge in [-0.1, -0.05) is 13.0 Å². The van der Waals surface area contributed by atoms with Crippen molar-refractivity contribution >= 4 is 21.4 Å². The number of non-ortho nitro benzene ring substituents is 1. The summed E-state index contributed by atoms with van der Waals surface area (Å²) in [5.74, 6) is 0. The van der Waals surface area contributed by atoms with Crippen molar-refractivity contribution < 1.29 is 13.3 Å². The molecule has 0 fully saturated rings. The van der Waals surface area contributed by atoms with E-state index in [-0.39, 0.29) is 5.69 Å². The molecule has 8 heteroatoms. The topological polar surface area (TPSA) is 92.5 Å². The highest BCUT2D eigenvalue weighted by Crippen LogP contribution is 2.21. The summed E-state index contributed by atoms with van der Waals surface area (Å²) in [6.45, 7) is 5.07. The number of hydrogen-bond acceptors (Lipinski definition) is 5. The lowest BCUT2D eigenvalue weighted by Crippen LogP contribution is -2.31. The Bertz CT molecular complexity index is 601. The van der Waals surface area contributed by atoms with E-state index in [1.165, 1.54) is 22.7 Å². The number of nitrogens with one attached hydrogen (secondary N) is 1. The number of anilines is 1. The molecule has 0 radical (unpaired) electrons. The molecule has 1 aromatic carbocycles. The third-order valence-electron chi connectivity index (χ3n) is 3.15. The first-order valence-electron chi connectivity index (χ1n) is 6.69. The Hall–Kier alpha value is -1.67. The highest BCUT2D eigenvalue weighted by molar-refractivity contribution is 7.88. The molecule has 0 amide bonds. The summed E-state index contributed by atoms with van der Waals surface area (Å²) in [7, 11) is -3.17. The van der Waals surface area contributed by atoms with E-state index in [0.717, 1.165) is 5.56 Å². The summed E-state index contributed by atoms with van der Waals surface area (Å²) < 4.78 is 24.3. The Balaban J connectivity index is 2.57. The molecule has 0 heterocycles. The standard InChI is InChI=1S/C13H21N3O4S/c1-4-15(21(3,19)20)9-5-8-14-13-10-12(16(17)18)7-6-11(13)2/h6-7,10,14H,4-5,8-9H2,1-3H3. The quantitative estimate of drug-likeness (QED) is 0.450. The number of rotatable bonds is 8. The third kappa shape index (κ3) is 5.31. The zero-order valence-corrected chi connectivity index (χ0v) is 13.3. The van der Waals surface area contributed by atoms with Crippen molar-refractivity contribution in [1.29, 1.82) is 0 Å². The molecule has 118 valence electrons. The van der Waals surface area contributed by atoms with Gasteiger partial charge >= 0.3 is 0 Å². The van der Waals surface area contributed by atoms with Crippen LogP contribution in [-0.4, -0.2) is 43.5 Å². The van der Waals surface area contributed by atoms with Crippen molar-refractivity contribution in [2.75, 3.05) is 31.2 Å². The van der Waals surface area contributed by atoms with E-state index in [4.69, 9.17) is 0 Å². The van der Waals surface area contributed by atoms with Crippen molar-refractivity contribution in [1.82, 2.24) is 4.31 Å². The van der Waals surface area contributed by atoms with Gasteiger partial charge in [-0.25, -0.2) is 12.7 Å². The second kappa shape index (κ2) is 7.37. The largest absolute Gasteiger partial charge is 0.385 e. The van der Waals surface area contributed by atoms with Crippen LogP contribution in [0.3, 0.4) is 0 Å². The monoisotopic (exact) mass is 315 g/mol. The number of aryl methyl sites for hydroxylation is 1. The average Bonchev–Trinajstić information content (AvgIpc) is 2.38. The molecule has 0 aliphatic heterocycles. The summed E-state index contributed by atoms with van der Waals surface area (Å²) in [4.78, 5) is 10.3. The van der Waals surface area contributed by atoms with E-state index >= 15 is 0 Å². The fraction of sp³-hybridized carbons (Fsp3) is 0.538. The number of nitrogens with zero attached hydrogens (tertiary/aromatic N) is 2. The van der Waals surface area contributed by atoms with Crippen LogP contribution in [0.25, 0.3) is 0 Å². The Morgan fingerprint density at radius 1 is 1.38 bits per heavy atom. The van der Waals surface area contributed by atoms with Gasteiger partial charge in [-0.2, -0.15) is 0 Å². The van der Waals surface area contributed by atoms with Crippen molar-refractivity contribution in [2.24, 2.45) is 0 Å². The van der Waals surface area contributed by atoms with Crippen LogP contribution in [0, 0.1) is 17.0 Å². The van der Waals surface area contributed by atoms with Crippen LogP contribution in [0.4, 0.5) is 11.4 Å². The SMILES string of the molecule is CCN(CCCNc1cc([N+](=O)[O-])ccc1C)S(C)(=O)=O. The van der Waals surface area contributed by atoms with Gasteiger partial charge in [0.25, 0.3) is 5.69 Å². The van der Waals surface area contributed by atoms with Crippen LogP contribution in [0.2, 0.25) is 0 Å². The van der Waals surface area contributed by atoms with Crippen molar-refractivity contribution in [3.63, 3.8) is 0 Å². The Kier molecular flexibility index (Phi) is 6.10. The zero-order valence-electron chi connectivity index (χ0n) is 12.5. The van der Waals surface area contributed by atoms with E-state index < -0.39 is 14.9 Å². The number of hydrogen-bond donors (Lipinski definition) is 1. The lowest BCUT2D eigenvalue weighted by molar-refractivity contribution is -0.384. The molecular formula is C13H21N3O4S. The van der Waals surface area contributed by atoms with Crippen LogP contribution < -0.4 is 5.32 Å². The molecule has 7 nitrogen and oxygen atoms in total. The van der Waals surface area contributed by atoms with E-state index in [0.29, 0.717) is 31.7 Å². The number of nitro groups is 1. The van der Waals surface area contributed by atoms with Gasteiger partial charge in [0.15, 0.2) is 0 Å².